The minimum Gasteiger partial charge on any atom is -0.355 e. The van der Waals surface area contributed by atoms with Gasteiger partial charge in [-0.1, -0.05) is 5.16 Å². The second-order valence-corrected chi connectivity index (χ2v) is 3.55. The largest absolute Gasteiger partial charge is 0.355 e. The van der Waals surface area contributed by atoms with Crippen molar-refractivity contribution in [2.24, 2.45) is 0 Å². The van der Waals surface area contributed by atoms with Gasteiger partial charge in [-0.3, -0.25) is 4.79 Å². The molecule has 1 aromatic heterocycles. The first-order valence-corrected chi connectivity index (χ1v) is 5.43. The Labute approximate surface area is 94.8 Å². The van der Waals surface area contributed by atoms with Crippen molar-refractivity contribution >= 4 is 5.91 Å². The zero-order chi connectivity index (χ0) is 12.0. The van der Waals surface area contributed by atoms with Crippen molar-refractivity contribution in [2.75, 3.05) is 13.1 Å². The summed E-state index contributed by atoms with van der Waals surface area (Å²) in [6.07, 6.45) is 0.654. The van der Waals surface area contributed by atoms with Gasteiger partial charge in [-0.2, -0.15) is 4.98 Å². The smallest absolute Gasteiger partial charge is 0.236 e. The SMILES string of the molecule is CCNC(=O)C(C)NCCc1noc(C)n1. The van der Waals surface area contributed by atoms with Crippen molar-refractivity contribution in [1.82, 2.24) is 20.8 Å². The summed E-state index contributed by atoms with van der Waals surface area (Å²) in [6, 6.07) is -0.201. The van der Waals surface area contributed by atoms with Crippen LogP contribution in [0.1, 0.15) is 25.6 Å². The van der Waals surface area contributed by atoms with Gasteiger partial charge in [0, 0.05) is 26.4 Å². The Bertz CT molecular complexity index is 337. The van der Waals surface area contributed by atoms with Gasteiger partial charge in [0.15, 0.2) is 5.82 Å². The van der Waals surface area contributed by atoms with Crippen LogP contribution in [0.25, 0.3) is 0 Å². The van der Waals surface area contributed by atoms with Gasteiger partial charge >= 0.3 is 0 Å². The van der Waals surface area contributed by atoms with E-state index < -0.39 is 0 Å². The molecule has 0 aromatic carbocycles. The predicted octanol–water partition coefficient (Wildman–Crippen LogP) is 0.0347. The van der Waals surface area contributed by atoms with E-state index in [4.69, 9.17) is 4.52 Å². The fourth-order valence-electron chi connectivity index (χ4n) is 1.26. The van der Waals surface area contributed by atoms with Gasteiger partial charge in [-0.25, -0.2) is 0 Å². The van der Waals surface area contributed by atoms with Crippen molar-refractivity contribution in [3.8, 4) is 0 Å². The van der Waals surface area contributed by atoms with Crippen LogP contribution in [0.4, 0.5) is 0 Å². The van der Waals surface area contributed by atoms with E-state index in [-0.39, 0.29) is 11.9 Å². The van der Waals surface area contributed by atoms with E-state index in [2.05, 4.69) is 20.8 Å². The van der Waals surface area contributed by atoms with Gasteiger partial charge in [-0.15, -0.1) is 0 Å². The average Bonchev–Trinajstić information content (AvgIpc) is 2.64. The number of carbonyl (C=O) groups excluding carboxylic acids is 1. The van der Waals surface area contributed by atoms with E-state index in [1.165, 1.54) is 0 Å². The molecule has 1 atom stereocenters. The lowest BCUT2D eigenvalue weighted by atomic mass is 10.3. The Balaban J connectivity index is 2.22. The first-order valence-electron chi connectivity index (χ1n) is 5.43. The summed E-state index contributed by atoms with van der Waals surface area (Å²) in [5, 5.41) is 9.61. The molecular formula is C10H18N4O2. The number of aromatic nitrogens is 2. The monoisotopic (exact) mass is 226 g/mol. The molecule has 1 rings (SSSR count). The Morgan fingerprint density at radius 3 is 2.88 bits per heavy atom. The van der Waals surface area contributed by atoms with Gasteiger partial charge in [0.1, 0.15) is 0 Å². The molecule has 0 saturated heterocycles. The van der Waals surface area contributed by atoms with Crippen LogP contribution in [0.5, 0.6) is 0 Å². The lowest BCUT2D eigenvalue weighted by molar-refractivity contribution is -0.122. The molecule has 1 aromatic rings. The zero-order valence-electron chi connectivity index (χ0n) is 9.91. The van der Waals surface area contributed by atoms with E-state index in [0.29, 0.717) is 31.2 Å². The average molecular weight is 226 g/mol. The Morgan fingerprint density at radius 1 is 1.56 bits per heavy atom. The zero-order valence-corrected chi connectivity index (χ0v) is 9.91. The summed E-state index contributed by atoms with van der Waals surface area (Å²) < 4.78 is 4.84. The molecule has 0 bridgehead atoms. The molecule has 90 valence electrons. The Hall–Kier alpha value is -1.43. The van der Waals surface area contributed by atoms with Crippen LogP contribution < -0.4 is 10.6 Å². The number of carbonyl (C=O) groups is 1. The number of rotatable bonds is 6. The van der Waals surface area contributed by atoms with Gasteiger partial charge in [0.05, 0.1) is 6.04 Å². The number of amides is 1. The molecule has 6 heteroatoms. The van der Waals surface area contributed by atoms with Crippen LogP contribution in [0.2, 0.25) is 0 Å². The highest BCUT2D eigenvalue weighted by Crippen LogP contribution is 1.95. The molecule has 0 spiro atoms. The third-order valence-corrected chi connectivity index (χ3v) is 2.11. The number of likely N-dealkylation sites (N-methyl/N-ethyl adjacent to an activating group) is 1. The van der Waals surface area contributed by atoms with Gasteiger partial charge < -0.3 is 15.2 Å². The van der Waals surface area contributed by atoms with Crippen LogP contribution in [0.3, 0.4) is 0 Å². The van der Waals surface area contributed by atoms with Gasteiger partial charge in [-0.05, 0) is 13.8 Å². The normalized spacial score (nSPS) is 12.4. The number of aryl methyl sites for hydroxylation is 1. The van der Waals surface area contributed by atoms with Crippen LogP contribution in [-0.2, 0) is 11.2 Å². The Kier molecular flexibility index (Phi) is 4.91. The third kappa shape index (κ3) is 3.98. The van der Waals surface area contributed by atoms with Crippen molar-refractivity contribution < 1.29 is 9.32 Å². The highest BCUT2D eigenvalue weighted by atomic mass is 16.5. The van der Waals surface area contributed by atoms with E-state index in [0.717, 1.165) is 0 Å². The van der Waals surface area contributed by atoms with E-state index >= 15 is 0 Å². The minimum absolute atomic E-state index is 0.00629. The minimum atomic E-state index is -0.201. The highest BCUT2D eigenvalue weighted by molar-refractivity contribution is 5.81. The second kappa shape index (κ2) is 6.22. The van der Waals surface area contributed by atoms with Gasteiger partial charge in [0.2, 0.25) is 11.8 Å². The number of hydrogen-bond acceptors (Lipinski definition) is 5. The van der Waals surface area contributed by atoms with Crippen LogP contribution in [0.15, 0.2) is 4.52 Å². The maximum atomic E-state index is 11.4. The predicted molar refractivity (Wildman–Crippen MR) is 58.9 cm³/mol. The summed E-state index contributed by atoms with van der Waals surface area (Å²) in [5.74, 6) is 1.23. The van der Waals surface area contributed by atoms with Crippen molar-refractivity contribution in [2.45, 2.75) is 33.2 Å². The molecule has 0 aliphatic heterocycles. The first kappa shape index (κ1) is 12.6. The molecule has 0 aliphatic rings. The molecule has 0 fully saturated rings. The molecule has 1 heterocycles. The molecule has 16 heavy (non-hydrogen) atoms. The highest BCUT2D eigenvalue weighted by Gasteiger charge is 2.10. The summed E-state index contributed by atoms with van der Waals surface area (Å²) >= 11 is 0. The van der Waals surface area contributed by atoms with E-state index in [1.807, 2.05) is 13.8 Å². The maximum absolute atomic E-state index is 11.4. The molecule has 2 N–H and O–H groups in total. The number of hydrogen-bond donors (Lipinski definition) is 2. The summed E-state index contributed by atoms with van der Waals surface area (Å²) in [6.45, 7) is 6.77. The van der Waals surface area contributed by atoms with E-state index in [9.17, 15) is 4.79 Å². The molecule has 6 nitrogen and oxygen atoms in total. The molecule has 0 aliphatic carbocycles. The molecule has 1 unspecified atom stereocenters. The summed E-state index contributed by atoms with van der Waals surface area (Å²) in [4.78, 5) is 15.4. The lowest BCUT2D eigenvalue weighted by Gasteiger charge is -2.11. The maximum Gasteiger partial charge on any atom is 0.236 e. The fourth-order valence-corrected chi connectivity index (χ4v) is 1.26. The van der Waals surface area contributed by atoms with Crippen LogP contribution in [0, 0.1) is 6.92 Å². The molecule has 1 amide bonds. The van der Waals surface area contributed by atoms with Crippen molar-refractivity contribution in [3.63, 3.8) is 0 Å². The quantitative estimate of drug-likeness (QED) is 0.715. The Morgan fingerprint density at radius 2 is 2.31 bits per heavy atom. The summed E-state index contributed by atoms with van der Waals surface area (Å²) in [5.41, 5.74) is 0. The third-order valence-electron chi connectivity index (χ3n) is 2.11. The first-order chi connectivity index (χ1) is 7.63. The summed E-state index contributed by atoms with van der Waals surface area (Å²) in [7, 11) is 0. The molecular weight excluding hydrogens is 208 g/mol. The van der Waals surface area contributed by atoms with Crippen molar-refractivity contribution in [1.29, 1.82) is 0 Å². The fraction of sp³-hybridized carbons (Fsp3) is 0.700. The van der Waals surface area contributed by atoms with Gasteiger partial charge in [0.25, 0.3) is 0 Å². The van der Waals surface area contributed by atoms with Crippen molar-refractivity contribution in [3.05, 3.63) is 11.7 Å². The lowest BCUT2D eigenvalue weighted by Crippen LogP contribution is -2.42. The topological polar surface area (TPSA) is 80.0 Å². The standard InChI is InChI=1S/C10H18N4O2/c1-4-11-10(15)7(2)12-6-5-9-13-8(3)16-14-9/h7,12H,4-6H2,1-3H3,(H,11,15). The second-order valence-electron chi connectivity index (χ2n) is 3.55. The number of nitrogens with zero attached hydrogens (tertiary/aromatic N) is 2. The van der Waals surface area contributed by atoms with Crippen LogP contribution in [-0.4, -0.2) is 35.2 Å². The van der Waals surface area contributed by atoms with E-state index in [1.54, 1.807) is 6.92 Å². The van der Waals surface area contributed by atoms with Crippen LogP contribution >= 0.6 is 0 Å². The molecule has 0 radical (unpaired) electrons. The molecule has 0 saturated carbocycles. The number of nitrogens with one attached hydrogen (secondary N) is 2.